The molecule has 3 aliphatic rings. The van der Waals surface area contributed by atoms with Crippen LogP contribution in [0.25, 0.3) is 0 Å². The first-order valence-electron chi connectivity index (χ1n) is 9.06. The summed E-state index contributed by atoms with van der Waals surface area (Å²) in [7, 11) is 1.70. The number of likely N-dealkylation sites (N-methyl/N-ethyl adjacent to an activating group) is 1. The maximum absolute atomic E-state index is 13.0. The average molecular weight is 358 g/mol. The van der Waals surface area contributed by atoms with Crippen molar-refractivity contribution in [2.24, 2.45) is 10.9 Å². The minimum Gasteiger partial charge on any atom is -0.466 e. The van der Waals surface area contributed by atoms with Gasteiger partial charge in [-0.3, -0.25) is 19.2 Å². The van der Waals surface area contributed by atoms with Gasteiger partial charge in [0.1, 0.15) is 12.3 Å². The van der Waals surface area contributed by atoms with Crippen LogP contribution in [-0.2, 0) is 11.3 Å². The van der Waals surface area contributed by atoms with Gasteiger partial charge in [-0.25, -0.2) is 9.69 Å². The number of amidine groups is 1. The van der Waals surface area contributed by atoms with Crippen LogP contribution in [0.5, 0.6) is 0 Å². The second-order valence-electron chi connectivity index (χ2n) is 7.38. The maximum atomic E-state index is 13.0. The monoisotopic (exact) mass is 358 g/mol. The Bertz CT molecular complexity index is 796. The second-order valence-corrected chi connectivity index (χ2v) is 7.38. The van der Waals surface area contributed by atoms with Crippen LogP contribution >= 0.6 is 0 Å². The molecule has 8 heteroatoms. The lowest BCUT2D eigenvalue weighted by Crippen LogP contribution is -2.63. The molecule has 0 radical (unpaired) electrons. The number of urea groups is 1. The van der Waals surface area contributed by atoms with Gasteiger partial charge in [0.25, 0.3) is 5.91 Å². The van der Waals surface area contributed by atoms with E-state index in [1.165, 1.54) is 9.80 Å². The van der Waals surface area contributed by atoms with Gasteiger partial charge in [-0.2, -0.15) is 0 Å². The average Bonchev–Trinajstić information content (AvgIpc) is 3.30. The van der Waals surface area contributed by atoms with Crippen LogP contribution in [0.15, 0.2) is 27.8 Å². The Balaban J connectivity index is 1.62. The van der Waals surface area contributed by atoms with Crippen molar-refractivity contribution in [1.29, 1.82) is 0 Å². The number of furan rings is 1. The standard InChI is InChI=1S/C18H24N5O3/c1-12(2)6-7-23-16(24)14-15(20(3)18(23)25)19-17-21(8-9-22(14)17)11-13-5-4-10-26-13/h4-5,10,12,14H,6-9,11H2,1-3H3/q+1. The van der Waals surface area contributed by atoms with E-state index in [0.29, 0.717) is 31.4 Å². The smallest absolute Gasteiger partial charge is 0.393 e. The summed E-state index contributed by atoms with van der Waals surface area (Å²) < 4.78 is 7.52. The van der Waals surface area contributed by atoms with E-state index < -0.39 is 6.04 Å². The van der Waals surface area contributed by atoms with Gasteiger partial charge in [-0.15, -0.1) is 0 Å². The third kappa shape index (κ3) is 2.60. The number of carbonyl (C=O) groups excluding carboxylic acids is 2. The summed E-state index contributed by atoms with van der Waals surface area (Å²) >= 11 is 0. The van der Waals surface area contributed by atoms with Crippen LogP contribution in [0.4, 0.5) is 4.79 Å². The van der Waals surface area contributed by atoms with Crippen LogP contribution in [0, 0.1) is 5.92 Å². The zero-order valence-electron chi connectivity index (χ0n) is 15.4. The quantitative estimate of drug-likeness (QED) is 0.741. The molecule has 1 saturated heterocycles. The summed E-state index contributed by atoms with van der Waals surface area (Å²) in [5, 5.41) is 0. The lowest BCUT2D eigenvalue weighted by molar-refractivity contribution is -0.537. The van der Waals surface area contributed by atoms with Crippen LogP contribution in [0.3, 0.4) is 0 Å². The molecule has 3 amide bonds. The third-order valence-electron chi connectivity index (χ3n) is 5.14. The predicted octanol–water partition coefficient (Wildman–Crippen LogP) is 1.18. The number of fused-ring (bicyclic) bond motifs is 3. The molecule has 1 unspecified atom stereocenters. The van der Waals surface area contributed by atoms with E-state index in [2.05, 4.69) is 23.4 Å². The number of carbonyl (C=O) groups is 2. The fourth-order valence-corrected chi connectivity index (χ4v) is 3.65. The second kappa shape index (κ2) is 6.26. The van der Waals surface area contributed by atoms with E-state index in [-0.39, 0.29) is 11.9 Å². The first-order chi connectivity index (χ1) is 12.5. The van der Waals surface area contributed by atoms with Crippen LogP contribution in [0.2, 0.25) is 0 Å². The molecule has 1 fully saturated rings. The predicted molar refractivity (Wildman–Crippen MR) is 94.8 cm³/mol. The topological polar surface area (TPSA) is 72.4 Å². The van der Waals surface area contributed by atoms with E-state index in [1.54, 1.807) is 13.3 Å². The van der Waals surface area contributed by atoms with Crippen molar-refractivity contribution >= 4 is 23.7 Å². The largest absolute Gasteiger partial charge is 0.466 e. The van der Waals surface area contributed by atoms with E-state index in [0.717, 1.165) is 24.7 Å². The van der Waals surface area contributed by atoms with Crippen molar-refractivity contribution in [1.82, 2.24) is 14.7 Å². The molecule has 1 atom stereocenters. The molecule has 8 nitrogen and oxygen atoms in total. The molecule has 0 saturated carbocycles. The first-order valence-corrected chi connectivity index (χ1v) is 9.06. The van der Waals surface area contributed by atoms with Gasteiger partial charge in [0.05, 0.1) is 19.4 Å². The zero-order chi connectivity index (χ0) is 18.4. The van der Waals surface area contributed by atoms with Gasteiger partial charge in [0.15, 0.2) is 0 Å². The Morgan fingerprint density at radius 1 is 1.38 bits per heavy atom. The minimum absolute atomic E-state index is 0.164. The van der Waals surface area contributed by atoms with E-state index >= 15 is 0 Å². The summed E-state index contributed by atoms with van der Waals surface area (Å²) in [6, 6.07) is 3.00. The Morgan fingerprint density at radius 2 is 2.19 bits per heavy atom. The van der Waals surface area contributed by atoms with Gasteiger partial charge >= 0.3 is 12.0 Å². The lowest BCUT2D eigenvalue weighted by atomic mass is 10.1. The number of amides is 3. The highest BCUT2D eigenvalue weighted by Gasteiger charge is 2.57. The van der Waals surface area contributed by atoms with Gasteiger partial charge in [-0.1, -0.05) is 18.8 Å². The number of guanidine groups is 1. The Labute approximate surface area is 152 Å². The van der Waals surface area contributed by atoms with E-state index in [1.807, 2.05) is 17.0 Å². The summed E-state index contributed by atoms with van der Waals surface area (Å²) in [6.45, 7) is 6.71. The fraction of sp³-hybridized carbons (Fsp3) is 0.556. The molecule has 0 spiro atoms. The van der Waals surface area contributed by atoms with Crippen molar-refractivity contribution in [2.45, 2.75) is 32.9 Å². The fourth-order valence-electron chi connectivity index (χ4n) is 3.65. The molecule has 1 aromatic heterocycles. The van der Waals surface area contributed by atoms with Gasteiger partial charge in [-0.05, 0) is 24.5 Å². The SMILES string of the molecule is CC(C)CCN1C(=O)C2C(=NC3=[N+](Cc4ccco4)CCN32)N(C)C1=O. The molecule has 138 valence electrons. The minimum atomic E-state index is -0.499. The summed E-state index contributed by atoms with van der Waals surface area (Å²) in [5.41, 5.74) is 0. The Morgan fingerprint density at radius 3 is 2.88 bits per heavy atom. The van der Waals surface area contributed by atoms with E-state index in [4.69, 9.17) is 4.42 Å². The number of rotatable bonds is 5. The maximum Gasteiger partial charge on any atom is 0.393 e. The van der Waals surface area contributed by atoms with Crippen LogP contribution in [-0.4, -0.2) is 75.7 Å². The molecular weight excluding hydrogens is 334 g/mol. The number of aliphatic imine (C=N–C) groups is 1. The molecule has 0 N–H and O–H groups in total. The first kappa shape index (κ1) is 16.8. The highest BCUT2D eigenvalue weighted by molar-refractivity contribution is 6.25. The number of imide groups is 1. The van der Waals surface area contributed by atoms with Gasteiger partial charge < -0.3 is 4.42 Å². The third-order valence-corrected chi connectivity index (χ3v) is 5.14. The summed E-state index contributed by atoms with van der Waals surface area (Å²) in [4.78, 5) is 35.2. The highest BCUT2D eigenvalue weighted by atomic mass is 16.3. The molecular formula is C18H24N5O3+. The number of nitrogens with zero attached hydrogens (tertiary/aromatic N) is 5. The van der Waals surface area contributed by atoms with Crippen LogP contribution < -0.4 is 0 Å². The lowest BCUT2D eigenvalue weighted by Gasteiger charge is -2.34. The summed E-state index contributed by atoms with van der Waals surface area (Å²) in [6.07, 6.45) is 2.45. The normalized spacial score (nSPS) is 22.5. The molecule has 0 aromatic carbocycles. The van der Waals surface area contributed by atoms with Gasteiger partial charge in [0.2, 0.25) is 11.9 Å². The summed E-state index contributed by atoms with van der Waals surface area (Å²) in [5.74, 6) is 2.39. The number of hydrogen-bond acceptors (Lipinski definition) is 5. The Kier molecular flexibility index (Phi) is 4.05. The highest BCUT2D eigenvalue weighted by Crippen LogP contribution is 2.26. The van der Waals surface area contributed by atoms with Crippen molar-refractivity contribution < 1.29 is 18.6 Å². The van der Waals surface area contributed by atoms with Crippen molar-refractivity contribution in [3.8, 4) is 0 Å². The van der Waals surface area contributed by atoms with Crippen LogP contribution in [0.1, 0.15) is 26.0 Å². The molecule has 0 bridgehead atoms. The zero-order valence-corrected chi connectivity index (χ0v) is 15.4. The van der Waals surface area contributed by atoms with Crippen molar-refractivity contribution in [3.05, 3.63) is 24.2 Å². The molecule has 26 heavy (non-hydrogen) atoms. The molecule has 1 aromatic rings. The molecule has 3 aliphatic heterocycles. The van der Waals surface area contributed by atoms with E-state index in [9.17, 15) is 9.59 Å². The molecule has 4 rings (SSSR count). The van der Waals surface area contributed by atoms with Gasteiger partial charge in [0, 0.05) is 13.6 Å². The van der Waals surface area contributed by atoms with Crippen molar-refractivity contribution in [2.75, 3.05) is 26.7 Å². The molecule has 0 aliphatic carbocycles. The van der Waals surface area contributed by atoms with Crippen molar-refractivity contribution in [3.63, 3.8) is 0 Å². The Hall–Kier alpha value is -2.64. The number of hydrogen-bond donors (Lipinski definition) is 0. The molecule has 4 heterocycles.